The topological polar surface area (TPSA) is 33.6 Å². The molecule has 0 aliphatic rings. The molecule has 0 amide bonds. The lowest BCUT2D eigenvalue weighted by Crippen LogP contribution is -1.95. The maximum Gasteiger partial charge on any atom is 0.0715 e. The van der Waals surface area contributed by atoms with E-state index in [1.807, 2.05) is 0 Å². The number of nitrogens with one attached hydrogen (secondary N) is 1. The van der Waals surface area contributed by atoms with Crippen molar-refractivity contribution in [2.24, 2.45) is 0 Å². The summed E-state index contributed by atoms with van der Waals surface area (Å²) in [5, 5.41) is 5.00. The molecule has 0 aliphatic heterocycles. The molecule has 0 saturated heterocycles. The Morgan fingerprint density at radius 3 is 1.72 bits per heavy atom. The summed E-state index contributed by atoms with van der Waals surface area (Å²) >= 11 is 0. The highest BCUT2D eigenvalue weighted by Gasteiger charge is 2.16. The van der Waals surface area contributed by atoms with Crippen molar-refractivity contribution >= 4 is 43.6 Å². The van der Waals surface area contributed by atoms with Gasteiger partial charge < -0.3 is 9.55 Å². The SMILES string of the molecule is c1ccc(-c2ccc(-c3cc(-c4cccc(-n5c6ccccc6c6cc7c(cc65)[nH]c5ccccc57)c4)cc(-c4ccccc4)n3)cc2)cc1. The van der Waals surface area contributed by atoms with Crippen LogP contribution in [-0.2, 0) is 0 Å². The summed E-state index contributed by atoms with van der Waals surface area (Å²) in [5.41, 5.74) is 14.5. The van der Waals surface area contributed by atoms with Crippen LogP contribution in [0.2, 0.25) is 0 Å². The number of fused-ring (bicyclic) bond motifs is 6. The van der Waals surface area contributed by atoms with Crippen molar-refractivity contribution < 1.29 is 0 Å². The third-order valence-corrected chi connectivity index (χ3v) is 9.92. The smallest absolute Gasteiger partial charge is 0.0715 e. The van der Waals surface area contributed by atoms with E-state index in [0.29, 0.717) is 0 Å². The predicted molar refractivity (Wildman–Crippen MR) is 210 cm³/mol. The van der Waals surface area contributed by atoms with Crippen LogP contribution in [0.5, 0.6) is 0 Å². The van der Waals surface area contributed by atoms with Crippen molar-refractivity contribution in [1.29, 1.82) is 0 Å². The van der Waals surface area contributed by atoms with Crippen LogP contribution in [0.25, 0.3) is 94.1 Å². The van der Waals surface area contributed by atoms with E-state index >= 15 is 0 Å². The van der Waals surface area contributed by atoms with Crippen LogP contribution in [0.4, 0.5) is 0 Å². The van der Waals surface area contributed by atoms with E-state index in [2.05, 4.69) is 192 Å². The third kappa shape index (κ3) is 4.71. The average molecular weight is 638 g/mol. The minimum Gasteiger partial charge on any atom is -0.354 e. The molecule has 0 aliphatic carbocycles. The lowest BCUT2D eigenvalue weighted by molar-refractivity contribution is 1.18. The monoisotopic (exact) mass is 637 g/mol. The molecule has 0 atom stereocenters. The number of aromatic amines is 1. The molecule has 0 radical (unpaired) electrons. The molecule has 3 nitrogen and oxygen atoms in total. The molecule has 7 aromatic carbocycles. The number of benzene rings is 7. The zero-order valence-corrected chi connectivity index (χ0v) is 27.2. The van der Waals surface area contributed by atoms with Crippen LogP contribution in [0.1, 0.15) is 0 Å². The molecule has 0 saturated carbocycles. The number of rotatable bonds is 5. The van der Waals surface area contributed by atoms with Gasteiger partial charge in [-0.1, -0.05) is 133 Å². The molecular formula is C47H31N3. The van der Waals surface area contributed by atoms with Crippen LogP contribution >= 0.6 is 0 Å². The Balaban J connectivity index is 1.14. The zero-order chi connectivity index (χ0) is 33.0. The zero-order valence-electron chi connectivity index (χ0n) is 27.2. The molecule has 3 aromatic heterocycles. The first kappa shape index (κ1) is 28.3. The fourth-order valence-electron chi connectivity index (χ4n) is 7.48. The lowest BCUT2D eigenvalue weighted by Gasteiger charge is -2.13. The van der Waals surface area contributed by atoms with Gasteiger partial charge in [0, 0.05) is 49.4 Å². The highest BCUT2D eigenvalue weighted by molar-refractivity contribution is 6.18. The van der Waals surface area contributed by atoms with Gasteiger partial charge in [0.1, 0.15) is 0 Å². The maximum atomic E-state index is 5.19. The standard InChI is InChI=1S/C47H31N3/c1-3-12-31(13-4-1)32-22-24-34(25-23-32)44-28-36(27-43(49-44)33-14-5-2-6-15-33)35-16-11-17-37(26-35)50-46-21-10-8-19-39(46)41-29-40-38-18-7-9-20-42(38)48-45(40)30-47(41)50/h1-30,48H. The summed E-state index contributed by atoms with van der Waals surface area (Å²) in [5.74, 6) is 0. The van der Waals surface area contributed by atoms with Crippen molar-refractivity contribution in [1.82, 2.24) is 14.5 Å². The maximum absolute atomic E-state index is 5.19. The fourth-order valence-corrected chi connectivity index (χ4v) is 7.48. The van der Waals surface area contributed by atoms with Crippen molar-refractivity contribution in [3.05, 3.63) is 182 Å². The van der Waals surface area contributed by atoms with Gasteiger partial charge in [0.25, 0.3) is 0 Å². The summed E-state index contributed by atoms with van der Waals surface area (Å²) in [6, 6.07) is 65.0. The molecule has 1 N–H and O–H groups in total. The van der Waals surface area contributed by atoms with E-state index in [-0.39, 0.29) is 0 Å². The lowest BCUT2D eigenvalue weighted by atomic mass is 9.98. The second-order valence-corrected chi connectivity index (χ2v) is 12.9. The van der Waals surface area contributed by atoms with Crippen LogP contribution in [0, 0.1) is 0 Å². The highest BCUT2D eigenvalue weighted by atomic mass is 15.0. The van der Waals surface area contributed by atoms with Crippen LogP contribution < -0.4 is 0 Å². The summed E-state index contributed by atoms with van der Waals surface area (Å²) in [7, 11) is 0. The molecule has 0 spiro atoms. The number of pyridine rings is 1. The van der Waals surface area contributed by atoms with Gasteiger partial charge in [-0.2, -0.15) is 0 Å². The predicted octanol–water partition coefficient (Wildman–Crippen LogP) is 12.5. The van der Waals surface area contributed by atoms with E-state index < -0.39 is 0 Å². The fraction of sp³-hybridized carbons (Fsp3) is 0. The van der Waals surface area contributed by atoms with Crippen LogP contribution in [0.3, 0.4) is 0 Å². The quantitative estimate of drug-likeness (QED) is 0.200. The van der Waals surface area contributed by atoms with Gasteiger partial charge in [0.2, 0.25) is 0 Å². The Hall–Kier alpha value is -6.71. The number of nitrogens with zero attached hydrogens (tertiary/aromatic N) is 2. The van der Waals surface area contributed by atoms with Gasteiger partial charge in [-0.05, 0) is 70.8 Å². The molecule has 3 heterocycles. The summed E-state index contributed by atoms with van der Waals surface area (Å²) < 4.78 is 2.40. The van der Waals surface area contributed by atoms with Gasteiger partial charge in [-0.3, -0.25) is 0 Å². The molecule has 10 rings (SSSR count). The van der Waals surface area contributed by atoms with Crippen LogP contribution in [0.15, 0.2) is 182 Å². The molecular weight excluding hydrogens is 607 g/mol. The molecule has 0 bridgehead atoms. The third-order valence-electron chi connectivity index (χ3n) is 9.92. The molecule has 0 unspecified atom stereocenters. The Morgan fingerprint density at radius 1 is 0.340 bits per heavy atom. The molecule has 234 valence electrons. The van der Waals surface area contributed by atoms with Crippen molar-refractivity contribution in [2.75, 3.05) is 0 Å². The number of hydrogen-bond acceptors (Lipinski definition) is 1. The Morgan fingerprint density at radius 2 is 0.940 bits per heavy atom. The van der Waals surface area contributed by atoms with Gasteiger partial charge in [0.05, 0.1) is 22.4 Å². The van der Waals surface area contributed by atoms with Gasteiger partial charge in [-0.15, -0.1) is 0 Å². The number of aromatic nitrogens is 3. The Labute approximate surface area is 289 Å². The van der Waals surface area contributed by atoms with Gasteiger partial charge >= 0.3 is 0 Å². The van der Waals surface area contributed by atoms with Crippen molar-refractivity contribution in [3.8, 4) is 50.5 Å². The first-order valence-corrected chi connectivity index (χ1v) is 17.0. The normalized spacial score (nSPS) is 11.6. The van der Waals surface area contributed by atoms with Gasteiger partial charge in [-0.25, -0.2) is 4.98 Å². The molecule has 3 heteroatoms. The van der Waals surface area contributed by atoms with Crippen molar-refractivity contribution in [3.63, 3.8) is 0 Å². The largest absolute Gasteiger partial charge is 0.354 e. The van der Waals surface area contributed by atoms with E-state index in [1.165, 1.54) is 43.7 Å². The number of para-hydroxylation sites is 2. The van der Waals surface area contributed by atoms with Crippen molar-refractivity contribution in [2.45, 2.75) is 0 Å². The average Bonchev–Trinajstić information content (AvgIpc) is 3.72. The summed E-state index contributed by atoms with van der Waals surface area (Å²) in [6.45, 7) is 0. The number of H-pyrrole nitrogens is 1. The summed E-state index contributed by atoms with van der Waals surface area (Å²) in [6.07, 6.45) is 0. The minimum atomic E-state index is 0.949. The second kappa shape index (κ2) is 11.5. The highest BCUT2D eigenvalue weighted by Crippen LogP contribution is 2.38. The molecule has 50 heavy (non-hydrogen) atoms. The molecule has 0 fully saturated rings. The second-order valence-electron chi connectivity index (χ2n) is 12.9. The van der Waals surface area contributed by atoms with Crippen LogP contribution in [-0.4, -0.2) is 14.5 Å². The Bertz CT molecular complexity index is 2840. The van der Waals surface area contributed by atoms with E-state index in [4.69, 9.17) is 4.98 Å². The van der Waals surface area contributed by atoms with E-state index in [1.54, 1.807) is 0 Å². The van der Waals surface area contributed by atoms with Gasteiger partial charge in [0.15, 0.2) is 0 Å². The van der Waals surface area contributed by atoms with E-state index in [0.717, 1.165) is 50.4 Å². The Kier molecular flexibility index (Phi) is 6.49. The molecule has 10 aromatic rings. The first-order chi connectivity index (χ1) is 24.8. The van der Waals surface area contributed by atoms with E-state index in [9.17, 15) is 0 Å². The first-order valence-electron chi connectivity index (χ1n) is 17.0. The summed E-state index contributed by atoms with van der Waals surface area (Å²) in [4.78, 5) is 8.86. The minimum absolute atomic E-state index is 0.949. The number of hydrogen-bond donors (Lipinski definition) is 1.